The minimum atomic E-state index is -0.00337. The summed E-state index contributed by atoms with van der Waals surface area (Å²) >= 11 is 0. The maximum Gasteiger partial charge on any atom is 0.316 e. The van der Waals surface area contributed by atoms with E-state index in [1.54, 1.807) is 0 Å². The molecule has 0 saturated heterocycles. The Morgan fingerprint density at radius 3 is 2.23 bits per heavy atom. The molecule has 0 radical (unpaired) electrons. The fraction of sp³-hybridized carbons (Fsp3) is 0.588. The molecule has 5 nitrogen and oxygen atoms in total. The van der Waals surface area contributed by atoms with E-state index >= 15 is 0 Å². The Balaban J connectivity index is 1.92. The zero-order valence-electron chi connectivity index (χ0n) is 14.4. The summed E-state index contributed by atoms with van der Waals surface area (Å²) in [6.45, 7) is 11.4. The zero-order chi connectivity index (χ0) is 16.4. The molecule has 0 aromatic carbocycles. The molecule has 0 aliphatic rings. The third-order valence-corrected chi connectivity index (χ3v) is 3.97. The van der Waals surface area contributed by atoms with Crippen molar-refractivity contribution in [2.75, 3.05) is 6.61 Å². The first-order chi connectivity index (χ1) is 10.2. The van der Waals surface area contributed by atoms with Gasteiger partial charge in [0.1, 0.15) is 0 Å². The molecule has 0 bridgehead atoms. The topological polar surface area (TPSA) is 52.8 Å². The number of hydrogen-bond donors (Lipinski definition) is 0. The monoisotopic (exact) mass is 302 g/mol. The van der Waals surface area contributed by atoms with Crippen molar-refractivity contribution in [3.05, 3.63) is 35.9 Å². The molecule has 0 fully saturated rings. The van der Waals surface area contributed by atoms with Crippen LogP contribution in [-0.4, -0.2) is 26.4 Å². The summed E-state index contributed by atoms with van der Waals surface area (Å²) in [6, 6.07) is 2.49. The van der Waals surface area contributed by atoms with Gasteiger partial charge >= 0.3 is 6.01 Å². The fourth-order valence-corrected chi connectivity index (χ4v) is 2.34. The smallest absolute Gasteiger partial charge is 0.316 e. The molecule has 2 aromatic heterocycles. The second-order valence-corrected chi connectivity index (χ2v) is 7.33. The van der Waals surface area contributed by atoms with Crippen LogP contribution < -0.4 is 4.74 Å². The van der Waals surface area contributed by atoms with Gasteiger partial charge in [0.2, 0.25) is 0 Å². The van der Waals surface area contributed by atoms with Crippen LogP contribution in [0.25, 0.3) is 0 Å². The number of aryl methyl sites for hydroxylation is 1. The third-order valence-electron chi connectivity index (χ3n) is 3.97. The molecule has 0 unspecified atom stereocenters. The van der Waals surface area contributed by atoms with Gasteiger partial charge in [0, 0.05) is 36.7 Å². The highest BCUT2D eigenvalue weighted by Gasteiger charge is 2.24. The lowest BCUT2D eigenvalue weighted by Crippen LogP contribution is -2.24. The lowest BCUT2D eigenvalue weighted by molar-refractivity contribution is 0.249. The molecule has 22 heavy (non-hydrogen) atoms. The summed E-state index contributed by atoms with van der Waals surface area (Å²) in [5, 5.41) is 4.23. The Labute approximate surface area is 132 Å². The van der Waals surface area contributed by atoms with Gasteiger partial charge in [-0.15, -0.1) is 0 Å². The highest BCUT2D eigenvalue weighted by Crippen LogP contribution is 2.26. The largest absolute Gasteiger partial charge is 0.463 e. The van der Waals surface area contributed by atoms with Gasteiger partial charge in [0.25, 0.3) is 0 Å². The van der Waals surface area contributed by atoms with Gasteiger partial charge in [-0.3, -0.25) is 4.68 Å². The average molecular weight is 302 g/mol. The van der Waals surface area contributed by atoms with Gasteiger partial charge in [-0.1, -0.05) is 34.6 Å². The van der Waals surface area contributed by atoms with Crippen LogP contribution in [0.2, 0.25) is 0 Å². The minimum absolute atomic E-state index is 0.00337. The Bertz CT molecular complexity index is 608. The molecule has 0 saturated carbocycles. The maximum atomic E-state index is 5.70. The first kappa shape index (κ1) is 16.5. The van der Waals surface area contributed by atoms with Crippen LogP contribution in [0.5, 0.6) is 6.01 Å². The van der Waals surface area contributed by atoms with E-state index in [4.69, 9.17) is 4.74 Å². The highest BCUT2D eigenvalue weighted by atomic mass is 16.5. The van der Waals surface area contributed by atoms with Gasteiger partial charge in [-0.05, 0) is 23.5 Å². The van der Waals surface area contributed by atoms with Gasteiger partial charge in [0.15, 0.2) is 0 Å². The summed E-state index contributed by atoms with van der Waals surface area (Å²) in [5.41, 5.74) is 2.35. The van der Waals surface area contributed by atoms with Crippen molar-refractivity contribution in [1.29, 1.82) is 0 Å². The SMILES string of the molecule is Cn1nccc1C(C)(C)CCOc1ncc(C(C)(C)C)cn1. The van der Waals surface area contributed by atoms with E-state index in [1.165, 1.54) is 5.69 Å². The van der Waals surface area contributed by atoms with Crippen LogP contribution in [0.15, 0.2) is 24.7 Å². The zero-order valence-corrected chi connectivity index (χ0v) is 14.4. The summed E-state index contributed by atoms with van der Waals surface area (Å²) in [6.07, 6.45) is 6.38. The normalized spacial score (nSPS) is 12.5. The van der Waals surface area contributed by atoms with E-state index in [2.05, 4.69) is 55.8 Å². The molecule has 0 N–H and O–H groups in total. The summed E-state index contributed by atoms with van der Waals surface area (Å²) in [7, 11) is 1.96. The molecule has 0 aliphatic carbocycles. The fourth-order valence-electron chi connectivity index (χ4n) is 2.34. The number of aromatic nitrogens is 4. The number of rotatable bonds is 5. The number of ether oxygens (including phenoxy) is 1. The molecule has 2 aromatic rings. The summed E-state index contributed by atoms with van der Waals surface area (Å²) in [5.74, 6) is 0. The second kappa shape index (κ2) is 6.07. The van der Waals surface area contributed by atoms with Gasteiger partial charge in [0.05, 0.1) is 6.61 Å². The average Bonchev–Trinajstić information content (AvgIpc) is 2.85. The summed E-state index contributed by atoms with van der Waals surface area (Å²) in [4.78, 5) is 8.59. The maximum absolute atomic E-state index is 5.70. The quantitative estimate of drug-likeness (QED) is 0.850. The van der Waals surface area contributed by atoms with Gasteiger partial charge in [-0.25, -0.2) is 9.97 Å². The van der Waals surface area contributed by atoms with Crippen LogP contribution in [0, 0.1) is 0 Å². The van der Waals surface area contributed by atoms with Crippen molar-refractivity contribution >= 4 is 0 Å². The van der Waals surface area contributed by atoms with E-state index in [9.17, 15) is 0 Å². The first-order valence-corrected chi connectivity index (χ1v) is 7.64. The molecule has 2 heterocycles. The van der Waals surface area contributed by atoms with E-state index in [-0.39, 0.29) is 10.8 Å². The van der Waals surface area contributed by atoms with Gasteiger partial charge in [-0.2, -0.15) is 5.10 Å². The molecule has 120 valence electrons. The Morgan fingerprint density at radius 2 is 1.73 bits per heavy atom. The molecule has 0 atom stereocenters. The second-order valence-electron chi connectivity index (χ2n) is 7.33. The van der Waals surface area contributed by atoms with Crippen LogP contribution in [0.4, 0.5) is 0 Å². The van der Waals surface area contributed by atoms with Crippen molar-refractivity contribution in [3.8, 4) is 6.01 Å². The van der Waals surface area contributed by atoms with Crippen molar-refractivity contribution in [1.82, 2.24) is 19.7 Å². The summed E-state index contributed by atoms with van der Waals surface area (Å²) < 4.78 is 7.61. The minimum Gasteiger partial charge on any atom is -0.463 e. The molecular weight excluding hydrogens is 276 g/mol. The first-order valence-electron chi connectivity index (χ1n) is 7.64. The molecule has 0 amide bonds. The predicted octanol–water partition coefficient (Wildman–Crippen LogP) is 3.25. The van der Waals surface area contributed by atoms with Crippen molar-refractivity contribution < 1.29 is 4.74 Å². The van der Waals surface area contributed by atoms with Crippen LogP contribution in [0.1, 0.15) is 52.3 Å². The third kappa shape index (κ3) is 3.84. The Kier molecular flexibility index (Phi) is 4.54. The lowest BCUT2D eigenvalue weighted by atomic mass is 9.86. The molecule has 0 aliphatic heterocycles. The number of hydrogen-bond acceptors (Lipinski definition) is 4. The van der Waals surface area contributed by atoms with Crippen LogP contribution in [-0.2, 0) is 17.9 Å². The van der Waals surface area contributed by atoms with E-state index < -0.39 is 0 Å². The highest BCUT2D eigenvalue weighted by molar-refractivity contribution is 5.17. The van der Waals surface area contributed by atoms with E-state index in [0.29, 0.717) is 12.6 Å². The lowest BCUT2D eigenvalue weighted by Gasteiger charge is -2.24. The van der Waals surface area contributed by atoms with Crippen molar-refractivity contribution in [3.63, 3.8) is 0 Å². The Hall–Kier alpha value is -1.91. The standard InChI is InChI=1S/C17H26N4O/c1-16(2,3)13-11-18-15(19-12-13)22-10-8-17(4,5)14-7-9-20-21(14)6/h7,9,11-12H,8,10H2,1-6H3. The molecule has 5 heteroatoms. The molecule has 0 spiro atoms. The van der Waals surface area contributed by atoms with Crippen LogP contribution >= 0.6 is 0 Å². The van der Waals surface area contributed by atoms with Crippen LogP contribution in [0.3, 0.4) is 0 Å². The number of nitrogens with zero attached hydrogens (tertiary/aromatic N) is 4. The Morgan fingerprint density at radius 1 is 1.09 bits per heavy atom. The molecular formula is C17H26N4O. The van der Waals surface area contributed by atoms with E-state index in [0.717, 1.165) is 12.0 Å². The van der Waals surface area contributed by atoms with Crippen molar-refractivity contribution in [2.45, 2.75) is 51.9 Å². The molecule has 2 rings (SSSR count). The van der Waals surface area contributed by atoms with E-state index in [1.807, 2.05) is 30.3 Å². The van der Waals surface area contributed by atoms with Crippen molar-refractivity contribution in [2.24, 2.45) is 7.05 Å². The van der Waals surface area contributed by atoms with Gasteiger partial charge < -0.3 is 4.74 Å². The predicted molar refractivity (Wildman–Crippen MR) is 87.1 cm³/mol.